The lowest BCUT2D eigenvalue weighted by atomic mass is 9.87. The first-order chi connectivity index (χ1) is 8.27. The fourth-order valence-electron chi connectivity index (χ4n) is 2.75. The van der Waals surface area contributed by atoms with Gasteiger partial charge in [-0.25, -0.2) is 0 Å². The van der Waals surface area contributed by atoms with Gasteiger partial charge in [0.1, 0.15) is 0 Å². The van der Waals surface area contributed by atoms with Crippen LogP contribution in [-0.4, -0.2) is 41.3 Å². The summed E-state index contributed by atoms with van der Waals surface area (Å²) in [5, 5.41) is 4.27. The molecule has 2 aliphatic rings. The summed E-state index contributed by atoms with van der Waals surface area (Å²) in [6.45, 7) is 2.13. The van der Waals surface area contributed by atoms with Crippen LogP contribution >= 0.6 is 0 Å². The number of likely N-dealkylation sites (tertiary alicyclic amines) is 1. The normalized spacial score (nSPS) is 29.1. The summed E-state index contributed by atoms with van der Waals surface area (Å²) < 4.78 is 0. The third kappa shape index (κ3) is 2.05. The van der Waals surface area contributed by atoms with Crippen LogP contribution < -0.4 is 0 Å². The van der Waals surface area contributed by atoms with Crippen LogP contribution in [-0.2, 0) is 4.84 Å². The Hall–Kier alpha value is -1.42. The largest absolute Gasteiger partial charge is 0.387 e. The van der Waals surface area contributed by atoms with Gasteiger partial charge in [0.2, 0.25) is 0 Å². The van der Waals surface area contributed by atoms with Crippen molar-refractivity contribution in [3.05, 3.63) is 30.1 Å². The average Bonchev–Trinajstić information content (AvgIpc) is 2.74. The van der Waals surface area contributed by atoms with E-state index in [1.165, 1.54) is 6.42 Å². The third-order valence-corrected chi connectivity index (χ3v) is 3.56. The van der Waals surface area contributed by atoms with Gasteiger partial charge in [-0.2, -0.15) is 0 Å². The van der Waals surface area contributed by atoms with E-state index in [1.807, 2.05) is 18.3 Å². The van der Waals surface area contributed by atoms with Crippen LogP contribution in [0.2, 0.25) is 0 Å². The quantitative estimate of drug-likeness (QED) is 0.738. The second-order valence-corrected chi connectivity index (χ2v) is 5.07. The molecule has 0 bridgehead atoms. The minimum atomic E-state index is -0.0851. The van der Waals surface area contributed by atoms with Gasteiger partial charge in [0.15, 0.2) is 5.60 Å². The molecule has 0 aliphatic carbocycles. The van der Waals surface area contributed by atoms with E-state index in [9.17, 15) is 0 Å². The Morgan fingerprint density at radius 2 is 2.41 bits per heavy atom. The zero-order valence-corrected chi connectivity index (χ0v) is 10.1. The number of hydrogen-bond donors (Lipinski definition) is 0. The molecule has 1 aromatic rings. The van der Waals surface area contributed by atoms with E-state index in [0.717, 1.165) is 37.2 Å². The van der Waals surface area contributed by atoms with Crippen LogP contribution in [0.1, 0.15) is 24.8 Å². The van der Waals surface area contributed by atoms with Gasteiger partial charge in [0.05, 0.1) is 5.71 Å². The van der Waals surface area contributed by atoms with Gasteiger partial charge in [-0.1, -0.05) is 5.16 Å². The maximum absolute atomic E-state index is 5.74. The first-order valence-electron chi connectivity index (χ1n) is 6.11. The first kappa shape index (κ1) is 10.7. The topological polar surface area (TPSA) is 37.7 Å². The fourth-order valence-corrected chi connectivity index (χ4v) is 2.75. The smallest absolute Gasteiger partial charge is 0.156 e. The maximum Gasteiger partial charge on any atom is 0.156 e. The van der Waals surface area contributed by atoms with Gasteiger partial charge >= 0.3 is 0 Å². The molecule has 90 valence electrons. The maximum atomic E-state index is 5.74. The van der Waals surface area contributed by atoms with Crippen molar-refractivity contribution in [3.8, 4) is 0 Å². The molecule has 1 aromatic heterocycles. The van der Waals surface area contributed by atoms with Gasteiger partial charge in [-0.3, -0.25) is 4.98 Å². The molecule has 4 heteroatoms. The van der Waals surface area contributed by atoms with Gasteiger partial charge in [-0.15, -0.1) is 0 Å². The summed E-state index contributed by atoms with van der Waals surface area (Å²) in [6.07, 6.45) is 6.83. The SMILES string of the molecule is CN1CCCC2(CC(c3cccnc3)=NO2)C1. The summed E-state index contributed by atoms with van der Waals surface area (Å²) >= 11 is 0. The Morgan fingerprint density at radius 3 is 3.18 bits per heavy atom. The Balaban J connectivity index is 1.76. The lowest BCUT2D eigenvalue weighted by Gasteiger charge is -2.36. The molecule has 0 radical (unpaired) electrons. The van der Waals surface area contributed by atoms with E-state index < -0.39 is 0 Å². The number of piperidine rings is 1. The van der Waals surface area contributed by atoms with Crippen LogP contribution in [0.25, 0.3) is 0 Å². The van der Waals surface area contributed by atoms with Crippen molar-refractivity contribution >= 4 is 5.71 Å². The van der Waals surface area contributed by atoms with Crippen molar-refractivity contribution in [2.45, 2.75) is 24.9 Å². The molecule has 0 amide bonds. The predicted octanol–water partition coefficient (Wildman–Crippen LogP) is 1.67. The van der Waals surface area contributed by atoms with Crippen LogP contribution in [0.3, 0.4) is 0 Å². The van der Waals surface area contributed by atoms with Crippen molar-refractivity contribution < 1.29 is 4.84 Å². The second-order valence-electron chi connectivity index (χ2n) is 5.07. The van der Waals surface area contributed by atoms with E-state index >= 15 is 0 Å². The van der Waals surface area contributed by atoms with Crippen molar-refractivity contribution in [2.24, 2.45) is 5.16 Å². The minimum absolute atomic E-state index is 0.0851. The zero-order chi connectivity index (χ0) is 11.7. The van der Waals surface area contributed by atoms with Gasteiger partial charge in [0, 0.05) is 30.9 Å². The van der Waals surface area contributed by atoms with E-state index in [4.69, 9.17) is 4.84 Å². The molecular weight excluding hydrogens is 214 g/mol. The molecule has 1 unspecified atom stereocenters. The van der Waals surface area contributed by atoms with Crippen LogP contribution in [0.5, 0.6) is 0 Å². The van der Waals surface area contributed by atoms with E-state index in [2.05, 4.69) is 22.1 Å². The third-order valence-electron chi connectivity index (χ3n) is 3.56. The highest BCUT2D eigenvalue weighted by Crippen LogP contribution is 2.34. The number of pyridine rings is 1. The number of aromatic nitrogens is 1. The summed E-state index contributed by atoms with van der Waals surface area (Å²) in [5.74, 6) is 0. The summed E-state index contributed by atoms with van der Waals surface area (Å²) in [4.78, 5) is 12.2. The highest BCUT2D eigenvalue weighted by atomic mass is 16.7. The Kier molecular flexibility index (Phi) is 2.59. The van der Waals surface area contributed by atoms with Gasteiger partial charge < -0.3 is 9.74 Å². The average molecular weight is 231 g/mol. The molecule has 0 saturated carbocycles. The van der Waals surface area contributed by atoms with Gasteiger partial charge in [0.25, 0.3) is 0 Å². The van der Waals surface area contributed by atoms with Crippen molar-refractivity contribution in [3.63, 3.8) is 0 Å². The first-order valence-corrected chi connectivity index (χ1v) is 6.11. The number of nitrogens with zero attached hydrogens (tertiary/aromatic N) is 3. The number of likely N-dealkylation sites (N-methyl/N-ethyl adjacent to an activating group) is 1. The molecular formula is C13H17N3O. The molecule has 2 aliphatic heterocycles. The zero-order valence-electron chi connectivity index (χ0n) is 10.1. The highest BCUT2D eigenvalue weighted by molar-refractivity contribution is 6.01. The monoisotopic (exact) mass is 231 g/mol. The van der Waals surface area contributed by atoms with E-state index in [0.29, 0.717) is 0 Å². The minimum Gasteiger partial charge on any atom is -0.387 e. The van der Waals surface area contributed by atoms with Crippen LogP contribution in [0.15, 0.2) is 29.7 Å². The number of hydrogen-bond acceptors (Lipinski definition) is 4. The molecule has 1 saturated heterocycles. The summed E-state index contributed by atoms with van der Waals surface area (Å²) in [6, 6.07) is 3.98. The molecule has 17 heavy (non-hydrogen) atoms. The van der Waals surface area contributed by atoms with Crippen molar-refractivity contribution in [1.29, 1.82) is 0 Å². The molecule has 3 rings (SSSR count). The standard InChI is InChI=1S/C13H17N3O/c1-16-7-3-5-13(10-16)8-12(15-17-13)11-4-2-6-14-9-11/h2,4,6,9H,3,5,7-8,10H2,1H3. The molecule has 3 heterocycles. The lowest BCUT2D eigenvalue weighted by Crippen LogP contribution is -2.46. The van der Waals surface area contributed by atoms with Crippen LogP contribution in [0, 0.1) is 0 Å². The number of rotatable bonds is 1. The number of oxime groups is 1. The van der Waals surface area contributed by atoms with Crippen molar-refractivity contribution in [1.82, 2.24) is 9.88 Å². The van der Waals surface area contributed by atoms with Gasteiger partial charge in [-0.05, 0) is 38.6 Å². The van der Waals surface area contributed by atoms with Crippen LogP contribution in [0.4, 0.5) is 0 Å². The molecule has 4 nitrogen and oxygen atoms in total. The fraction of sp³-hybridized carbons (Fsp3) is 0.538. The molecule has 0 N–H and O–H groups in total. The predicted molar refractivity (Wildman–Crippen MR) is 65.9 cm³/mol. The Morgan fingerprint density at radius 1 is 1.47 bits per heavy atom. The molecule has 1 fully saturated rings. The summed E-state index contributed by atoms with van der Waals surface area (Å²) in [7, 11) is 2.15. The van der Waals surface area contributed by atoms with E-state index in [-0.39, 0.29) is 5.60 Å². The molecule has 0 aromatic carbocycles. The highest BCUT2D eigenvalue weighted by Gasteiger charge is 2.42. The van der Waals surface area contributed by atoms with Crippen molar-refractivity contribution in [2.75, 3.05) is 20.1 Å². The second kappa shape index (κ2) is 4.11. The molecule has 1 spiro atoms. The van der Waals surface area contributed by atoms with E-state index in [1.54, 1.807) is 6.20 Å². The Labute approximate surface area is 101 Å². The Bertz CT molecular complexity index is 432. The lowest BCUT2D eigenvalue weighted by molar-refractivity contribution is -0.0631. The molecule has 1 atom stereocenters. The summed E-state index contributed by atoms with van der Waals surface area (Å²) in [5.41, 5.74) is 2.03.